The summed E-state index contributed by atoms with van der Waals surface area (Å²) >= 11 is 0. The second-order valence-electron chi connectivity index (χ2n) is 7.41. The molecule has 1 saturated heterocycles. The maximum absolute atomic E-state index is 12.7. The van der Waals surface area contributed by atoms with Gasteiger partial charge < -0.3 is 19.5 Å². The zero-order valence-electron chi connectivity index (χ0n) is 15.5. The highest BCUT2D eigenvalue weighted by Crippen LogP contribution is 2.19. The Morgan fingerprint density at radius 1 is 0.923 bits per heavy atom. The molecular formula is C20H25N3O3. The Labute approximate surface area is 153 Å². The number of benzene rings is 1. The fraction of sp³-hybridized carbons (Fsp3) is 0.400. The average molecular weight is 355 g/mol. The van der Waals surface area contributed by atoms with E-state index in [1.165, 1.54) is 0 Å². The zero-order valence-corrected chi connectivity index (χ0v) is 15.5. The average Bonchev–Trinajstić information content (AvgIpc) is 3.14. The van der Waals surface area contributed by atoms with Gasteiger partial charge in [0, 0.05) is 37.9 Å². The molecule has 1 fully saturated rings. The molecule has 0 unspecified atom stereocenters. The molecule has 1 aliphatic heterocycles. The number of piperazine rings is 1. The standard InChI is InChI=1S/C20H25N3O3/c1-20(2,3)26-16-8-6-15(7-9-16)18(24)22-11-13-23(14-12-22)19(25)17-5-4-10-21-17/h4-10,21H,11-14H2,1-3H3. The molecule has 1 aliphatic rings. The minimum atomic E-state index is -0.270. The molecule has 0 bridgehead atoms. The van der Waals surface area contributed by atoms with Gasteiger partial charge in [0.25, 0.3) is 11.8 Å². The van der Waals surface area contributed by atoms with Gasteiger partial charge in [-0.15, -0.1) is 0 Å². The predicted octanol–water partition coefficient (Wildman–Crippen LogP) is 2.79. The van der Waals surface area contributed by atoms with Gasteiger partial charge in [0.15, 0.2) is 0 Å². The first kappa shape index (κ1) is 18.0. The number of amides is 2. The highest BCUT2D eigenvalue weighted by Gasteiger charge is 2.26. The van der Waals surface area contributed by atoms with Crippen LogP contribution in [0, 0.1) is 0 Å². The van der Waals surface area contributed by atoms with Crippen molar-refractivity contribution in [3.63, 3.8) is 0 Å². The molecule has 1 N–H and O–H groups in total. The lowest BCUT2D eigenvalue weighted by atomic mass is 10.1. The third-order valence-corrected chi connectivity index (χ3v) is 4.21. The van der Waals surface area contributed by atoms with E-state index in [-0.39, 0.29) is 17.4 Å². The van der Waals surface area contributed by atoms with Crippen LogP contribution in [-0.2, 0) is 0 Å². The van der Waals surface area contributed by atoms with E-state index in [0.717, 1.165) is 5.75 Å². The van der Waals surface area contributed by atoms with Crippen LogP contribution in [0.4, 0.5) is 0 Å². The van der Waals surface area contributed by atoms with E-state index in [2.05, 4.69) is 4.98 Å². The van der Waals surface area contributed by atoms with Crippen LogP contribution in [0.1, 0.15) is 41.6 Å². The SMILES string of the molecule is CC(C)(C)Oc1ccc(C(=O)N2CCN(C(=O)c3ccc[nH]3)CC2)cc1. The molecular weight excluding hydrogens is 330 g/mol. The number of ether oxygens (including phenoxy) is 1. The van der Waals surface area contributed by atoms with Crippen molar-refractivity contribution in [1.82, 2.24) is 14.8 Å². The van der Waals surface area contributed by atoms with Crippen LogP contribution in [0.25, 0.3) is 0 Å². The molecule has 2 heterocycles. The summed E-state index contributed by atoms with van der Waals surface area (Å²) in [6.07, 6.45) is 1.74. The number of aromatic nitrogens is 1. The number of rotatable bonds is 3. The minimum Gasteiger partial charge on any atom is -0.488 e. The second kappa shape index (κ2) is 7.23. The second-order valence-corrected chi connectivity index (χ2v) is 7.41. The molecule has 6 heteroatoms. The Bertz CT molecular complexity index is 753. The summed E-state index contributed by atoms with van der Waals surface area (Å²) < 4.78 is 5.79. The van der Waals surface area contributed by atoms with Crippen molar-refractivity contribution in [2.24, 2.45) is 0 Å². The van der Waals surface area contributed by atoms with Crippen molar-refractivity contribution in [1.29, 1.82) is 0 Å². The Kier molecular flexibility index (Phi) is 5.02. The highest BCUT2D eigenvalue weighted by molar-refractivity contribution is 5.95. The third-order valence-electron chi connectivity index (χ3n) is 4.21. The van der Waals surface area contributed by atoms with Gasteiger partial charge in [0.1, 0.15) is 17.0 Å². The van der Waals surface area contributed by atoms with Crippen LogP contribution in [0.3, 0.4) is 0 Å². The minimum absolute atomic E-state index is 0.0146. The van der Waals surface area contributed by atoms with Gasteiger partial charge in [0.2, 0.25) is 0 Å². The van der Waals surface area contributed by atoms with E-state index >= 15 is 0 Å². The quantitative estimate of drug-likeness (QED) is 0.921. The molecule has 2 amide bonds. The number of hydrogen-bond donors (Lipinski definition) is 1. The lowest BCUT2D eigenvalue weighted by Gasteiger charge is -2.34. The van der Waals surface area contributed by atoms with E-state index in [9.17, 15) is 9.59 Å². The molecule has 0 radical (unpaired) electrons. The number of aromatic amines is 1. The van der Waals surface area contributed by atoms with Crippen molar-refractivity contribution in [2.45, 2.75) is 26.4 Å². The number of carbonyl (C=O) groups excluding carboxylic acids is 2. The van der Waals surface area contributed by atoms with Gasteiger partial charge in [-0.1, -0.05) is 0 Å². The van der Waals surface area contributed by atoms with Gasteiger partial charge in [-0.2, -0.15) is 0 Å². The molecule has 26 heavy (non-hydrogen) atoms. The molecule has 0 saturated carbocycles. The largest absolute Gasteiger partial charge is 0.488 e. The topological polar surface area (TPSA) is 65.6 Å². The van der Waals surface area contributed by atoms with Crippen LogP contribution >= 0.6 is 0 Å². The molecule has 1 aromatic heterocycles. The molecule has 6 nitrogen and oxygen atoms in total. The first-order chi connectivity index (χ1) is 12.3. The molecule has 0 spiro atoms. The lowest BCUT2D eigenvalue weighted by Crippen LogP contribution is -2.50. The molecule has 0 atom stereocenters. The molecule has 138 valence electrons. The summed E-state index contributed by atoms with van der Waals surface area (Å²) in [6.45, 7) is 8.10. The summed E-state index contributed by atoms with van der Waals surface area (Å²) in [6, 6.07) is 10.8. The van der Waals surface area contributed by atoms with Gasteiger partial charge >= 0.3 is 0 Å². The van der Waals surface area contributed by atoms with Crippen molar-refractivity contribution < 1.29 is 14.3 Å². The Morgan fingerprint density at radius 3 is 2.00 bits per heavy atom. The van der Waals surface area contributed by atoms with E-state index < -0.39 is 0 Å². The number of nitrogens with one attached hydrogen (secondary N) is 1. The first-order valence-electron chi connectivity index (χ1n) is 8.84. The van der Waals surface area contributed by atoms with E-state index in [4.69, 9.17) is 4.74 Å². The number of nitrogens with zero attached hydrogens (tertiary/aromatic N) is 2. The molecule has 1 aromatic carbocycles. The summed E-state index contributed by atoms with van der Waals surface area (Å²) in [5, 5.41) is 0. The van der Waals surface area contributed by atoms with Gasteiger partial charge in [0.05, 0.1) is 0 Å². The number of H-pyrrole nitrogens is 1. The number of carbonyl (C=O) groups is 2. The van der Waals surface area contributed by atoms with Crippen molar-refractivity contribution in [2.75, 3.05) is 26.2 Å². The number of hydrogen-bond acceptors (Lipinski definition) is 3. The van der Waals surface area contributed by atoms with E-state index in [0.29, 0.717) is 37.4 Å². The Morgan fingerprint density at radius 2 is 1.50 bits per heavy atom. The lowest BCUT2D eigenvalue weighted by molar-refractivity contribution is 0.0532. The maximum Gasteiger partial charge on any atom is 0.270 e. The van der Waals surface area contributed by atoms with E-state index in [1.807, 2.05) is 32.9 Å². The predicted molar refractivity (Wildman–Crippen MR) is 99.4 cm³/mol. The van der Waals surface area contributed by atoms with Crippen LogP contribution in [0.2, 0.25) is 0 Å². The van der Waals surface area contributed by atoms with Gasteiger partial charge in [-0.05, 0) is 57.2 Å². The van der Waals surface area contributed by atoms with E-state index in [1.54, 1.807) is 40.3 Å². The van der Waals surface area contributed by atoms with Gasteiger partial charge in [-0.25, -0.2) is 0 Å². The Hall–Kier alpha value is -2.76. The summed E-state index contributed by atoms with van der Waals surface area (Å²) in [5.41, 5.74) is 0.947. The zero-order chi connectivity index (χ0) is 18.7. The summed E-state index contributed by atoms with van der Waals surface area (Å²) in [5.74, 6) is 0.709. The normalized spacial score (nSPS) is 15.0. The van der Waals surface area contributed by atoms with Crippen LogP contribution in [0.15, 0.2) is 42.6 Å². The summed E-state index contributed by atoms with van der Waals surface area (Å²) in [4.78, 5) is 31.5. The molecule has 2 aromatic rings. The monoisotopic (exact) mass is 355 g/mol. The smallest absolute Gasteiger partial charge is 0.270 e. The van der Waals surface area contributed by atoms with Crippen molar-refractivity contribution in [3.05, 3.63) is 53.9 Å². The van der Waals surface area contributed by atoms with Crippen LogP contribution in [0.5, 0.6) is 5.75 Å². The van der Waals surface area contributed by atoms with Crippen molar-refractivity contribution in [3.8, 4) is 5.75 Å². The van der Waals surface area contributed by atoms with Crippen LogP contribution < -0.4 is 4.74 Å². The van der Waals surface area contributed by atoms with Crippen LogP contribution in [-0.4, -0.2) is 58.4 Å². The van der Waals surface area contributed by atoms with Crippen molar-refractivity contribution >= 4 is 11.8 Å². The highest BCUT2D eigenvalue weighted by atomic mass is 16.5. The third kappa shape index (κ3) is 4.25. The summed E-state index contributed by atoms with van der Waals surface area (Å²) in [7, 11) is 0. The first-order valence-corrected chi connectivity index (χ1v) is 8.84. The fourth-order valence-corrected chi connectivity index (χ4v) is 2.95. The molecule has 0 aliphatic carbocycles. The fourth-order valence-electron chi connectivity index (χ4n) is 2.95. The molecule has 3 rings (SSSR count). The Balaban J connectivity index is 1.57. The van der Waals surface area contributed by atoms with Gasteiger partial charge in [-0.3, -0.25) is 9.59 Å². The maximum atomic E-state index is 12.7.